The molecule has 0 amide bonds. The van der Waals surface area contributed by atoms with Gasteiger partial charge in [-0.25, -0.2) is 4.98 Å². The Morgan fingerprint density at radius 3 is 2.73 bits per heavy atom. The van der Waals surface area contributed by atoms with E-state index in [0.29, 0.717) is 12.0 Å². The Morgan fingerprint density at radius 1 is 1.27 bits per heavy atom. The van der Waals surface area contributed by atoms with Gasteiger partial charge in [0.15, 0.2) is 5.65 Å². The van der Waals surface area contributed by atoms with E-state index in [-0.39, 0.29) is 0 Å². The topological polar surface area (TPSA) is 42.2 Å². The number of hydrogen-bond acceptors (Lipinski definition) is 3. The maximum atomic E-state index is 4.96. The predicted molar refractivity (Wildman–Crippen MR) is 89.4 cm³/mol. The van der Waals surface area contributed by atoms with Crippen LogP contribution in [0.25, 0.3) is 5.65 Å². The molecule has 2 aromatic rings. The summed E-state index contributed by atoms with van der Waals surface area (Å²) in [6.45, 7) is 4.51. The summed E-state index contributed by atoms with van der Waals surface area (Å²) in [5.74, 6) is 2.54. The maximum absolute atomic E-state index is 4.96. The standard InChI is InChI=1S/C18H26N4/c1-3-13-11-19-22-17(20-15-6-4-5-7-15)10-16(21-18(13)22)12(2)14-8-9-14/h10-12,14-15,20H,3-9H2,1-2H3. The van der Waals surface area contributed by atoms with Crippen LogP contribution in [0.2, 0.25) is 0 Å². The Labute approximate surface area is 132 Å². The van der Waals surface area contributed by atoms with Crippen LogP contribution in [0.4, 0.5) is 5.82 Å². The van der Waals surface area contributed by atoms with Crippen LogP contribution in [0.3, 0.4) is 0 Å². The summed E-state index contributed by atoms with van der Waals surface area (Å²) in [5, 5.41) is 8.32. The molecule has 118 valence electrons. The van der Waals surface area contributed by atoms with Gasteiger partial charge in [0.25, 0.3) is 0 Å². The molecule has 0 spiro atoms. The smallest absolute Gasteiger partial charge is 0.160 e. The molecule has 1 unspecified atom stereocenters. The molecule has 2 heterocycles. The molecule has 0 saturated heterocycles. The Balaban J connectivity index is 1.75. The fourth-order valence-electron chi connectivity index (χ4n) is 3.73. The number of anilines is 1. The number of aryl methyl sites for hydroxylation is 1. The number of nitrogens with zero attached hydrogens (tertiary/aromatic N) is 3. The Morgan fingerprint density at radius 2 is 2.05 bits per heavy atom. The molecule has 0 aliphatic heterocycles. The van der Waals surface area contributed by atoms with Gasteiger partial charge in [-0.05, 0) is 38.0 Å². The zero-order valence-electron chi connectivity index (χ0n) is 13.7. The van der Waals surface area contributed by atoms with E-state index in [1.165, 1.54) is 49.8 Å². The van der Waals surface area contributed by atoms with E-state index in [0.717, 1.165) is 23.8 Å². The predicted octanol–water partition coefficient (Wildman–Crippen LogP) is 4.16. The quantitative estimate of drug-likeness (QED) is 0.901. The van der Waals surface area contributed by atoms with Gasteiger partial charge in [0.1, 0.15) is 5.82 Å². The molecule has 2 aliphatic carbocycles. The third-order valence-electron chi connectivity index (χ3n) is 5.45. The number of rotatable bonds is 5. The van der Waals surface area contributed by atoms with Crippen molar-refractivity contribution < 1.29 is 0 Å². The molecular weight excluding hydrogens is 272 g/mol. The molecule has 0 bridgehead atoms. The van der Waals surface area contributed by atoms with Crippen LogP contribution in [0.15, 0.2) is 12.3 Å². The Hall–Kier alpha value is -1.58. The molecule has 22 heavy (non-hydrogen) atoms. The van der Waals surface area contributed by atoms with E-state index in [1.54, 1.807) is 0 Å². The van der Waals surface area contributed by atoms with Crippen molar-refractivity contribution in [3.8, 4) is 0 Å². The lowest BCUT2D eigenvalue weighted by molar-refractivity contribution is 0.641. The lowest BCUT2D eigenvalue weighted by Crippen LogP contribution is -2.18. The summed E-state index contributed by atoms with van der Waals surface area (Å²) in [6.07, 6.45) is 10.9. The third-order valence-corrected chi connectivity index (χ3v) is 5.45. The highest BCUT2D eigenvalue weighted by Crippen LogP contribution is 2.42. The molecule has 2 aliphatic rings. The summed E-state index contributed by atoms with van der Waals surface area (Å²) in [6, 6.07) is 2.85. The van der Waals surface area contributed by atoms with Gasteiger partial charge in [-0.2, -0.15) is 9.61 Å². The van der Waals surface area contributed by atoms with E-state index < -0.39 is 0 Å². The largest absolute Gasteiger partial charge is 0.367 e. The highest BCUT2D eigenvalue weighted by atomic mass is 15.3. The van der Waals surface area contributed by atoms with E-state index in [4.69, 9.17) is 4.98 Å². The maximum Gasteiger partial charge on any atom is 0.160 e. The summed E-state index contributed by atoms with van der Waals surface area (Å²) >= 11 is 0. The number of fused-ring (bicyclic) bond motifs is 1. The van der Waals surface area contributed by atoms with Crippen LogP contribution in [0, 0.1) is 5.92 Å². The van der Waals surface area contributed by atoms with E-state index in [1.807, 2.05) is 10.7 Å². The van der Waals surface area contributed by atoms with Gasteiger partial charge in [0.2, 0.25) is 0 Å². The number of nitrogens with one attached hydrogen (secondary N) is 1. The van der Waals surface area contributed by atoms with Gasteiger partial charge in [0.05, 0.1) is 6.20 Å². The van der Waals surface area contributed by atoms with Crippen LogP contribution in [-0.4, -0.2) is 20.6 Å². The van der Waals surface area contributed by atoms with Crippen molar-refractivity contribution in [3.63, 3.8) is 0 Å². The summed E-state index contributed by atoms with van der Waals surface area (Å²) in [4.78, 5) is 4.96. The molecule has 4 rings (SSSR count). The first-order valence-corrected chi connectivity index (χ1v) is 8.90. The van der Waals surface area contributed by atoms with Crippen molar-refractivity contribution in [3.05, 3.63) is 23.5 Å². The fourth-order valence-corrected chi connectivity index (χ4v) is 3.73. The van der Waals surface area contributed by atoms with Crippen molar-refractivity contribution in [2.45, 2.75) is 70.8 Å². The molecule has 0 aromatic carbocycles. The van der Waals surface area contributed by atoms with Crippen molar-refractivity contribution in [2.24, 2.45) is 5.92 Å². The molecule has 0 radical (unpaired) electrons. The first-order chi connectivity index (χ1) is 10.8. The van der Waals surface area contributed by atoms with Crippen LogP contribution >= 0.6 is 0 Å². The van der Waals surface area contributed by atoms with Gasteiger partial charge in [0, 0.05) is 29.3 Å². The normalized spacial score (nSPS) is 20.6. The average Bonchev–Trinajstić information content (AvgIpc) is 3.09. The highest BCUT2D eigenvalue weighted by Gasteiger charge is 2.30. The van der Waals surface area contributed by atoms with Gasteiger partial charge in [-0.1, -0.05) is 26.7 Å². The monoisotopic (exact) mass is 298 g/mol. The molecule has 2 saturated carbocycles. The molecular formula is C18H26N4. The lowest BCUT2D eigenvalue weighted by atomic mass is 10.0. The van der Waals surface area contributed by atoms with Crippen molar-refractivity contribution in [2.75, 3.05) is 5.32 Å². The van der Waals surface area contributed by atoms with Crippen molar-refractivity contribution >= 4 is 11.5 Å². The Bertz CT molecular complexity index is 665. The second-order valence-electron chi connectivity index (χ2n) is 7.08. The second kappa shape index (κ2) is 5.56. The highest BCUT2D eigenvalue weighted by molar-refractivity contribution is 5.55. The molecule has 4 heteroatoms. The zero-order chi connectivity index (χ0) is 15.1. The number of aromatic nitrogens is 3. The SMILES string of the molecule is CCc1cnn2c(NC3CCCC3)cc(C(C)C3CC3)nc12. The zero-order valence-corrected chi connectivity index (χ0v) is 13.7. The molecule has 4 nitrogen and oxygen atoms in total. The first kappa shape index (κ1) is 14.0. The fraction of sp³-hybridized carbons (Fsp3) is 0.667. The average molecular weight is 298 g/mol. The van der Waals surface area contributed by atoms with Gasteiger partial charge >= 0.3 is 0 Å². The van der Waals surface area contributed by atoms with Crippen LogP contribution in [0.5, 0.6) is 0 Å². The first-order valence-electron chi connectivity index (χ1n) is 8.90. The lowest BCUT2D eigenvalue weighted by Gasteiger charge is -2.17. The summed E-state index contributed by atoms with van der Waals surface area (Å²) in [7, 11) is 0. The minimum Gasteiger partial charge on any atom is -0.367 e. The molecule has 1 N–H and O–H groups in total. The van der Waals surface area contributed by atoms with Crippen molar-refractivity contribution in [1.82, 2.24) is 14.6 Å². The van der Waals surface area contributed by atoms with Gasteiger partial charge in [-0.15, -0.1) is 0 Å². The van der Waals surface area contributed by atoms with Gasteiger partial charge in [-0.3, -0.25) is 0 Å². The van der Waals surface area contributed by atoms with E-state index >= 15 is 0 Å². The van der Waals surface area contributed by atoms with Crippen molar-refractivity contribution in [1.29, 1.82) is 0 Å². The minimum absolute atomic E-state index is 0.564. The third kappa shape index (κ3) is 2.49. The molecule has 1 atom stereocenters. The van der Waals surface area contributed by atoms with E-state index in [9.17, 15) is 0 Å². The van der Waals surface area contributed by atoms with Crippen LogP contribution in [-0.2, 0) is 6.42 Å². The molecule has 2 fully saturated rings. The Kier molecular flexibility index (Phi) is 3.55. The molecule has 2 aromatic heterocycles. The second-order valence-corrected chi connectivity index (χ2v) is 7.08. The van der Waals surface area contributed by atoms with Crippen LogP contribution < -0.4 is 5.32 Å². The number of hydrogen-bond donors (Lipinski definition) is 1. The summed E-state index contributed by atoms with van der Waals surface area (Å²) < 4.78 is 2.01. The summed E-state index contributed by atoms with van der Waals surface area (Å²) in [5.41, 5.74) is 3.54. The van der Waals surface area contributed by atoms with Crippen LogP contribution in [0.1, 0.15) is 69.5 Å². The van der Waals surface area contributed by atoms with Gasteiger partial charge < -0.3 is 5.32 Å². The minimum atomic E-state index is 0.564. The van der Waals surface area contributed by atoms with E-state index in [2.05, 4.69) is 30.3 Å².